The van der Waals surface area contributed by atoms with E-state index < -0.39 is 0 Å². The number of hydrogen-bond acceptors (Lipinski definition) is 3. The molecule has 1 N–H and O–H groups in total. The summed E-state index contributed by atoms with van der Waals surface area (Å²) in [5.41, 5.74) is 0.871. The van der Waals surface area contributed by atoms with Crippen molar-refractivity contribution in [2.45, 2.75) is 26.3 Å². The Bertz CT molecular complexity index is 744. The molecular weight excluding hydrogens is 325 g/mol. The van der Waals surface area contributed by atoms with Crippen molar-refractivity contribution in [1.29, 1.82) is 0 Å². The van der Waals surface area contributed by atoms with Gasteiger partial charge in [-0.2, -0.15) is 0 Å². The van der Waals surface area contributed by atoms with E-state index in [9.17, 15) is 9.59 Å². The summed E-state index contributed by atoms with van der Waals surface area (Å²) in [6, 6.07) is 6.21. The Balaban J connectivity index is 2.09. The second kappa shape index (κ2) is 7.42. The van der Waals surface area contributed by atoms with Crippen LogP contribution in [0.2, 0.25) is 10.0 Å². The molecule has 0 aliphatic heterocycles. The van der Waals surface area contributed by atoms with Crippen LogP contribution < -0.4 is 10.9 Å². The molecule has 1 aromatic carbocycles. The maximum absolute atomic E-state index is 12.0. The topological polar surface area (TPSA) is 64.0 Å². The van der Waals surface area contributed by atoms with Crippen molar-refractivity contribution >= 4 is 34.8 Å². The third-order valence-electron chi connectivity index (χ3n) is 2.96. The summed E-state index contributed by atoms with van der Waals surface area (Å²) >= 11 is 11.8. The van der Waals surface area contributed by atoms with Crippen LogP contribution in [0.1, 0.15) is 19.0 Å². The fourth-order valence-electron chi connectivity index (χ4n) is 1.91. The van der Waals surface area contributed by atoms with Gasteiger partial charge in [-0.1, -0.05) is 36.5 Å². The van der Waals surface area contributed by atoms with Gasteiger partial charge in [0.2, 0.25) is 5.91 Å². The van der Waals surface area contributed by atoms with Crippen LogP contribution in [0, 0.1) is 0 Å². The Labute approximate surface area is 137 Å². The molecule has 0 aliphatic carbocycles. The molecule has 0 fully saturated rings. The molecule has 0 saturated carbocycles. The normalized spacial score (nSPS) is 10.5. The second-order valence-electron chi connectivity index (χ2n) is 4.77. The number of benzene rings is 1. The van der Waals surface area contributed by atoms with Gasteiger partial charge in [0.25, 0.3) is 5.56 Å². The van der Waals surface area contributed by atoms with Crippen molar-refractivity contribution in [3.8, 4) is 0 Å². The fraction of sp³-hybridized carbons (Fsp3) is 0.267. The maximum Gasteiger partial charge on any atom is 0.253 e. The smallest absolute Gasteiger partial charge is 0.253 e. The van der Waals surface area contributed by atoms with Gasteiger partial charge in [-0.15, -0.1) is 0 Å². The number of hydrogen-bond donors (Lipinski definition) is 1. The summed E-state index contributed by atoms with van der Waals surface area (Å²) in [6.45, 7) is 1.87. The highest BCUT2D eigenvalue weighted by molar-refractivity contribution is 6.35. The van der Waals surface area contributed by atoms with Crippen LogP contribution in [0.15, 0.2) is 35.4 Å². The molecule has 7 heteroatoms. The Morgan fingerprint density at radius 3 is 2.77 bits per heavy atom. The Morgan fingerprint density at radius 2 is 2.09 bits per heavy atom. The number of rotatable bonds is 5. The number of anilines is 1. The van der Waals surface area contributed by atoms with Gasteiger partial charge in [-0.25, -0.2) is 4.98 Å². The summed E-state index contributed by atoms with van der Waals surface area (Å²) in [4.78, 5) is 28.1. The molecule has 0 radical (unpaired) electrons. The Hall–Kier alpha value is -1.85. The zero-order valence-corrected chi connectivity index (χ0v) is 13.5. The number of amides is 1. The number of carbonyl (C=O) groups excluding carboxylic acids is 1. The van der Waals surface area contributed by atoms with E-state index in [1.807, 2.05) is 6.92 Å². The van der Waals surface area contributed by atoms with Gasteiger partial charge in [-0.3, -0.25) is 14.2 Å². The van der Waals surface area contributed by atoms with E-state index in [2.05, 4.69) is 10.3 Å². The molecule has 0 spiro atoms. The van der Waals surface area contributed by atoms with E-state index in [0.717, 1.165) is 18.5 Å². The van der Waals surface area contributed by atoms with Gasteiger partial charge in [0.15, 0.2) is 0 Å². The molecule has 116 valence electrons. The van der Waals surface area contributed by atoms with Gasteiger partial charge in [0, 0.05) is 16.8 Å². The molecule has 0 unspecified atom stereocenters. The van der Waals surface area contributed by atoms with E-state index in [1.165, 1.54) is 17.0 Å². The van der Waals surface area contributed by atoms with Gasteiger partial charge < -0.3 is 5.32 Å². The molecule has 0 aliphatic rings. The van der Waals surface area contributed by atoms with Crippen molar-refractivity contribution in [3.05, 3.63) is 56.7 Å². The van der Waals surface area contributed by atoms with E-state index in [4.69, 9.17) is 23.2 Å². The van der Waals surface area contributed by atoms with Gasteiger partial charge in [0.05, 0.1) is 17.0 Å². The average Bonchev–Trinajstić information content (AvgIpc) is 2.46. The van der Waals surface area contributed by atoms with Crippen molar-refractivity contribution in [1.82, 2.24) is 9.55 Å². The first-order chi connectivity index (χ1) is 10.5. The number of carbonyl (C=O) groups is 1. The quantitative estimate of drug-likeness (QED) is 0.909. The van der Waals surface area contributed by atoms with Crippen molar-refractivity contribution in [2.24, 2.45) is 0 Å². The molecule has 0 bridgehead atoms. The summed E-state index contributed by atoms with van der Waals surface area (Å²) in [6.07, 6.45) is 3.02. The summed E-state index contributed by atoms with van der Waals surface area (Å²) in [7, 11) is 0. The summed E-state index contributed by atoms with van der Waals surface area (Å²) < 4.78 is 1.24. The van der Waals surface area contributed by atoms with E-state index in [1.54, 1.807) is 18.2 Å². The van der Waals surface area contributed by atoms with Gasteiger partial charge in [0.1, 0.15) is 6.54 Å². The van der Waals surface area contributed by atoms with Gasteiger partial charge >= 0.3 is 0 Å². The number of aromatic nitrogens is 2. The van der Waals surface area contributed by atoms with Crippen LogP contribution >= 0.6 is 23.2 Å². The molecule has 0 saturated heterocycles. The van der Waals surface area contributed by atoms with Crippen LogP contribution in [0.5, 0.6) is 0 Å². The SMILES string of the molecule is CCCc1cc(=O)n(CC(=O)Nc2cc(Cl)ccc2Cl)cn1. The third-order valence-corrected chi connectivity index (χ3v) is 3.52. The monoisotopic (exact) mass is 339 g/mol. The zero-order chi connectivity index (χ0) is 16.1. The zero-order valence-electron chi connectivity index (χ0n) is 12.0. The van der Waals surface area contributed by atoms with Gasteiger partial charge in [-0.05, 0) is 24.6 Å². The molecule has 2 rings (SSSR count). The molecule has 1 aromatic heterocycles. The van der Waals surface area contributed by atoms with Crippen LogP contribution in [0.4, 0.5) is 5.69 Å². The maximum atomic E-state index is 12.0. The summed E-state index contributed by atoms with van der Waals surface area (Å²) in [5, 5.41) is 3.46. The minimum Gasteiger partial charge on any atom is -0.323 e. The molecule has 22 heavy (non-hydrogen) atoms. The highest BCUT2D eigenvalue weighted by atomic mass is 35.5. The number of nitrogens with zero attached hydrogens (tertiary/aromatic N) is 2. The van der Waals surface area contributed by atoms with E-state index in [-0.39, 0.29) is 18.0 Å². The average molecular weight is 340 g/mol. The van der Waals surface area contributed by atoms with Crippen LogP contribution in [-0.4, -0.2) is 15.5 Å². The lowest BCUT2D eigenvalue weighted by molar-refractivity contribution is -0.116. The highest BCUT2D eigenvalue weighted by Crippen LogP contribution is 2.25. The van der Waals surface area contributed by atoms with Crippen LogP contribution in [-0.2, 0) is 17.8 Å². The van der Waals surface area contributed by atoms with Crippen molar-refractivity contribution in [2.75, 3.05) is 5.32 Å². The predicted molar refractivity (Wildman–Crippen MR) is 87.6 cm³/mol. The van der Waals surface area contributed by atoms with Crippen LogP contribution in [0.25, 0.3) is 0 Å². The molecular formula is C15H15Cl2N3O2. The number of aryl methyl sites for hydroxylation is 1. The third kappa shape index (κ3) is 4.32. The Morgan fingerprint density at radius 1 is 1.32 bits per heavy atom. The van der Waals surface area contributed by atoms with Crippen molar-refractivity contribution < 1.29 is 4.79 Å². The lowest BCUT2D eigenvalue weighted by Crippen LogP contribution is -2.28. The Kier molecular flexibility index (Phi) is 5.57. The highest BCUT2D eigenvalue weighted by Gasteiger charge is 2.09. The minimum atomic E-state index is -0.378. The van der Waals surface area contributed by atoms with Crippen LogP contribution in [0.3, 0.4) is 0 Å². The number of halogens is 2. The molecule has 0 atom stereocenters. The minimum absolute atomic E-state index is 0.138. The molecule has 1 amide bonds. The fourth-order valence-corrected chi connectivity index (χ4v) is 2.25. The number of nitrogens with one attached hydrogen (secondary N) is 1. The molecule has 5 nitrogen and oxygen atoms in total. The first-order valence-corrected chi connectivity index (χ1v) is 7.55. The standard InChI is InChI=1S/C15H15Cl2N3O2/c1-2-3-11-7-15(22)20(9-18-11)8-14(21)19-13-6-10(16)4-5-12(13)17/h4-7,9H,2-3,8H2,1H3,(H,19,21). The second-order valence-corrected chi connectivity index (χ2v) is 5.61. The lowest BCUT2D eigenvalue weighted by Gasteiger charge is -2.09. The predicted octanol–water partition coefficient (Wildman–Crippen LogP) is 3.14. The van der Waals surface area contributed by atoms with E-state index >= 15 is 0 Å². The molecule has 2 aromatic rings. The first kappa shape index (κ1) is 16.5. The van der Waals surface area contributed by atoms with E-state index in [0.29, 0.717) is 15.7 Å². The lowest BCUT2D eigenvalue weighted by atomic mass is 10.2. The summed E-state index contributed by atoms with van der Waals surface area (Å²) in [5.74, 6) is -0.378. The molecule has 1 heterocycles. The largest absolute Gasteiger partial charge is 0.323 e. The van der Waals surface area contributed by atoms with Crippen molar-refractivity contribution in [3.63, 3.8) is 0 Å². The first-order valence-electron chi connectivity index (χ1n) is 6.80.